The first-order chi connectivity index (χ1) is 10.6. The molecule has 0 bridgehead atoms. The van der Waals surface area contributed by atoms with Crippen LogP contribution in [0.3, 0.4) is 0 Å². The van der Waals surface area contributed by atoms with Gasteiger partial charge in [0.15, 0.2) is 0 Å². The zero-order chi connectivity index (χ0) is 15.9. The zero-order valence-corrected chi connectivity index (χ0v) is 13.2. The predicted molar refractivity (Wildman–Crippen MR) is 89.9 cm³/mol. The van der Waals surface area contributed by atoms with E-state index in [1.165, 1.54) is 11.1 Å². The molecule has 22 heavy (non-hydrogen) atoms. The Morgan fingerprint density at radius 1 is 1.05 bits per heavy atom. The Hall–Kier alpha value is -2.13. The summed E-state index contributed by atoms with van der Waals surface area (Å²) in [6.45, 7) is 4.13. The Kier molecular flexibility index (Phi) is 5.73. The lowest BCUT2D eigenvalue weighted by molar-refractivity contribution is -0.119. The quantitative estimate of drug-likeness (QED) is 0.859. The second-order valence-electron chi connectivity index (χ2n) is 5.75. The summed E-state index contributed by atoms with van der Waals surface area (Å²) >= 11 is 0. The highest BCUT2D eigenvalue weighted by Gasteiger charge is 2.13. The van der Waals surface area contributed by atoms with Gasteiger partial charge in [0, 0.05) is 18.2 Å². The number of hydrogen-bond donors (Lipinski definition) is 2. The Morgan fingerprint density at radius 3 is 2.23 bits per heavy atom. The van der Waals surface area contributed by atoms with Crippen LogP contribution in [-0.4, -0.2) is 17.6 Å². The first kappa shape index (κ1) is 16.2. The summed E-state index contributed by atoms with van der Waals surface area (Å²) in [7, 11) is 0. The van der Waals surface area contributed by atoms with Gasteiger partial charge in [0.25, 0.3) is 0 Å². The first-order valence-corrected chi connectivity index (χ1v) is 7.64. The van der Waals surface area contributed by atoms with Crippen molar-refractivity contribution >= 4 is 11.6 Å². The minimum absolute atomic E-state index is 0.0236. The van der Waals surface area contributed by atoms with Crippen molar-refractivity contribution in [2.75, 3.05) is 11.9 Å². The van der Waals surface area contributed by atoms with Gasteiger partial charge in [-0.25, -0.2) is 0 Å². The third kappa shape index (κ3) is 4.71. The number of nitrogens with one attached hydrogen (secondary N) is 1. The molecule has 2 N–H and O–H groups in total. The van der Waals surface area contributed by atoms with Crippen LogP contribution in [0.25, 0.3) is 0 Å². The molecule has 116 valence electrons. The molecular formula is C19H23NO2. The van der Waals surface area contributed by atoms with Gasteiger partial charge in [-0.05, 0) is 43.0 Å². The highest BCUT2D eigenvalue weighted by atomic mass is 16.2. The fraction of sp³-hybridized carbons (Fsp3) is 0.316. The number of hydrogen-bond acceptors (Lipinski definition) is 2. The monoisotopic (exact) mass is 297 g/mol. The van der Waals surface area contributed by atoms with Gasteiger partial charge in [-0.1, -0.05) is 48.9 Å². The molecule has 0 fully saturated rings. The molecule has 0 aliphatic rings. The molecule has 0 heterocycles. The molecule has 3 heteroatoms. The van der Waals surface area contributed by atoms with Crippen molar-refractivity contribution in [1.82, 2.24) is 0 Å². The van der Waals surface area contributed by atoms with Crippen LogP contribution in [0.5, 0.6) is 0 Å². The molecule has 0 spiro atoms. The molecule has 2 rings (SSSR count). The molecule has 0 radical (unpaired) electrons. The maximum Gasteiger partial charge on any atom is 0.227 e. The molecule has 2 aromatic rings. The molecule has 0 saturated carbocycles. The van der Waals surface area contributed by atoms with Gasteiger partial charge in [-0.2, -0.15) is 0 Å². The number of benzene rings is 2. The number of carbonyl (C=O) groups excluding carboxylic acids is 1. The topological polar surface area (TPSA) is 49.3 Å². The largest absolute Gasteiger partial charge is 0.396 e. The number of anilines is 1. The minimum atomic E-state index is -0.0835. The van der Waals surface area contributed by atoms with Gasteiger partial charge in [0.1, 0.15) is 0 Å². The number of aliphatic hydroxyl groups is 1. The molecule has 3 nitrogen and oxygen atoms in total. The maximum absolute atomic E-state index is 12.2. The molecule has 0 aliphatic heterocycles. The lowest BCUT2D eigenvalue weighted by Gasteiger charge is -2.13. The van der Waals surface area contributed by atoms with E-state index < -0.39 is 0 Å². The molecule has 1 atom stereocenters. The first-order valence-electron chi connectivity index (χ1n) is 7.64. The van der Waals surface area contributed by atoms with Gasteiger partial charge in [0.2, 0.25) is 5.91 Å². The van der Waals surface area contributed by atoms with E-state index in [1.807, 2.05) is 31.2 Å². The van der Waals surface area contributed by atoms with Crippen LogP contribution in [0.15, 0.2) is 48.5 Å². The Labute approximate surface area is 132 Å². The Bertz CT molecular complexity index is 602. The summed E-state index contributed by atoms with van der Waals surface area (Å²) in [5, 5.41) is 11.8. The van der Waals surface area contributed by atoms with Crippen LogP contribution < -0.4 is 5.32 Å². The van der Waals surface area contributed by atoms with E-state index in [9.17, 15) is 4.79 Å². The van der Waals surface area contributed by atoms with Gasteiger partial charge in [-0.3, -0.25) is 4.79 Å². The van der Waals surface area contributed by atoms with Crippen molar-refractivity contribution in [1.29, 1.82) is 0 Å². The Morgan fingerprint density at radius 2 is 1.64 bits per heavy atom. The van der Waals surface area contributed by atoms with E-state index in [1.54, 1.807) is 0 Å². The SMILES string of the molecule is Cc1ccc(CC(C)C(=O)Nc2ccc(CCO)cc2)cc1. The van der Waals surface area contributed by atoms with Crippen LogP contribution in [0.1, 0.15) is 23.6 Å². The van der Waals surface area contributed by atoms with E-state index >= 15 is 0 Å². The second-order valence-corrected chi connectivity index (χ2v) is 5.75. The van der Waals surface area contributed by atoms with Crippen molar-refractivity contribution in [2.45, 2.75) is 26.7 Å². The summed E-state index contributed by atoms with van der Waals surface area (Å²) in [5.74, 6) is -0.0599. The summed E-state index contributed by atoms with van der Waals surface area (Å²) in [6.07, 6.45) is 1.37. The van der Waals surface area contributed by atoms with Crippen LogP contribution in [0, 0.1) is 12.8 Å². The van der Waals surface area contributed by atoms with Crippen LogP contribution >= 0.6 is 0 Å². The molecule has 2 aromatic carbocycles. The average Bonchev–Trinajstić information content (AvgIpc) is 2.51. The fourth-order valence-corrected chi connectivity index (χ4v) is 2.32. The van der Waals surface area contributed by atoms with Crippen molar-refractivity contribution in [2.24, 2.45) is 5.92 Å². The highest BCUT2D eigenvalue weighted by molar-refractivity contribution is 5.92. The normalized spacial score (nSPS) is 12.0. The Balaban J connectivity index is 1.91. The van der Waals surface area contributed by atoms with Crippen molar-refractivity contribution in [3.63, 3.8) is 0 Å². The van der Waals surface area contributed by atoms with E-state index in [-0.39, 0.29) is 18.4 Å². The van der Waals surface area contributed by atoms with E-state index in [4.69, 9.17) is 5.11 Å². The third-order valence-electron chi connectivity index (χ3n) is 3.73. The van der Waals surface area contributed by atoms with Crippen LogP contribution in [0.4, 0.5) is 5.69 Å². The molecule has 0 aliphatic carbocycles. The number of rotatable bonds is 6. The van der Waals surface area contributed by atoms with Gasteiger partial charge >= 0.3 is 0 Å². The van der Waals surface area contributed by atoms with Crippen molar-refractivity contribution < 1.29 is 9.90 Å². The molecule has 1 unspecified atom stereocenters. The lowest BCUT2D eigenvalue weighted by atomic mass is 9.99. The fourth-order valence-electron chi connectivity index (χ4n) is 2.32. The second kappa shape index (κ2) is 7.76. The number of aliphatic hydroxyl groups excluding tert-OH is 1. The third-order valence-corrected chi connectivity index (χ3v) is 3.73. The van der Waals surface area contributed by atoms with E-state index in [0.717, 1.165) is 17.7 Å². The summed E-state index contributed by atoms with van der Waals surface area (Å²) in [5.41, 5.74) is 4.26. The summed E-state index contributed by atoms with van der Waals surface area (Å²) in [6, 6.07) is 15.9. The lowest BCUT2D eigenvalue weighted by Crippen LogP contribution is -2.22. The van der Waals surface area contributed by atoms with Gasteiger partial charge < -0.3 is 10.4 Å². The molecule has 1 amide bonds. The van der Waals surface area contributed by atoms with E-state index in [2.05, 4.69) is 36.5 Å². The summed E-state index contributed by atoms with van der Waals surface area (Å²) in [4.78, 5) is 12.2. The predicted octanol–water partition coefficient (Wildman–Crippen LogP) is 3.35. The molecular weight excluding hydrogens is 274 g/mol. The van der Waals surface area contributed by atoms with Gasteiger partial charge in [0.05, 0.1) is 0 Å². The maximum atomic E-state index is 12.2. The average molecular weight is 297 g/mol. The van der Waals surface area contributed by atoms with Crippen LogP contribution in [0.2, 0.25) is 0 Å². The number of carbonyl (C=O) groups is 1. The van der Waals surface area contributed by atoms with Crippen molar-refractivity contribution in [3.8, 4) is 0 Å². The smallest absolute Gasteiger partial charge is 0.227 e. The van der Waals surface area contributed by atoms with Gasteiger partial charge in [-0.15, -0.1) is 0 Å². The number of amides is 1. The van der Waals surface area contributed by atoms with Crippen LogP contribution in [-0.2, 0) is 17.6 Å². The minimum Gasteiger partial charge on any atom is -0.396 e. The van der Waals surface area contributed by atoms with E-state index in [0.29, 0.717) is 6.42 Å². The highest BCUT2D eigenvalue weighted by Crippen LogP contribution is 2.14. The molecule has 0 saturated heterocycles. The molecule has 0 aromatic heterocycles. The standard InChI is InChI=1S/C19H23NO2/c1-14-3-5-17(6-4-14)13-15(2)19(22)20-18-9-7-16(8-10-18)11-12-21/h3-10,15,21H,11-13H2,1-2H3,(H,20,22). The number of aryl methyl sites for hydroxylation is 1. The summed E-state index contributed by atoms with van der Waals surface area (Å²) < 4.78 is 0. The van der Waals surface area contributed by atoms with Crippen molar-refractivity contribution in [3.05, 3.63) is 65.2 Å². The zero-order valence-electron chi connectivity index (χ0n) is 13.2.